The fourth-order valence-electron chi connectivity index (χ4n) is 5.25. The number of fused-ring (bicyclic) bond motifs is 4. The lowest BCUT2D eigenvalue weighted by Gasteiger charge is -2.43. The van der Waals surface area contributed by atoms with Crippen LogP contribution in [0.3, 0.4) is 0 Å². The molecule has 2 fully saturated rings. The van der Waals surface area contributed by atoms with Crippen molar-refractivity contribution >= 4 is 5.82 Å². The summed E-state index contributed by atoms with van der Waals surface area (Å²) in [7, 11) is 0. The second-order valence-electron chi connectivity index (χ2n) is 8.79. The van der Waals surface area contributed by atoms with Crippen LogP contribution in [0.1, 0.15) is 42.0 Å². The highest BCUT2D eigenvalue weighted by molar-refractivity contribution is 5.44. The Morgan fingerprint density at radius 3 is 2.63 bits per heavy atom. The van der Waals surface area contributed by atoms with Crippen molar-refractivity contribution in [2.24, 2.45) is 5.92 Å². The number of rotatable bonds is 3. The molecule has 0 radical (unpaired) electrons. The standard InChI is InChI=1S/C22H25F3N4O/c23-22(24,25)18-5-6-26-20(10-18)28-11-15-9-17(14-28)19-4-3-16(21(30)29(19)12-15)13-27-7-1-2-8-27/h3-6,10,15,17H,1-2,7-9,11-14H2/t15-,17+/m0/s1. The summed E-state index contributed by atoms with van der Waals surface area (Å²) in [4.78, 5) is 21.6. The quantitative estimate of drug-likeness (QED) is 0.766. The average Bonchev–Trinajstić information content (AvgIpc) is 3.23. The molecule has 0 amide bonds. The minimum atomic E-state index is -4.38. The van der Waals surface area contributed by atoms with Crippen molar-refractivity contribution in [2.75, 3.05) is 31.1 Å². The Hall–Kier alpha value is -2.35. The highest BCUT2D eigenvalue weighted by Gasteiger charge is 2.37. The van der Waals surface area contributed by atoms with E-state index >= 15 is 0 Å². The number of likely N-dealkylation sites (tertiary alicyclic amines) is 1. The monoisotopic (exact) mass is 418 g/mol. The van der Waals surface area contributed by atoms with Crippen LogP contribution in [0.2, 0.25) is 0 Å². The molecule has 0 aromatic carbocycles. The molecule has 3 aliphatic rings. The zero-order chi connectivity index (χ0) is 20.9. The molecule has 3 aliphatic heterocycles. The number of halogens is 3. The number of hydrogen-bond acceptors (Lipinski definition) is 4. The zero-order valence-electron chi connectivity index (χ0n) is 16.7. The van der Waals surface area contributed by atoms with Crippen LogP contribution in [0, 0.1) is 5.92 Å². The minimum Gasteiger partial charge on any atom is -0.356 e. The number of nitrogens with zero attached hydrogens (tertiary/aromatic N) is 4. The van der Waals surface area contributed by atoms with E-state index in [9.17, 15) is 18.0 Å². The van der Waals surface area contributed by atoms with Gasteiger partial charge < -0.3 is 9.47 Å². The summed E-state index contributed by atoms with van der Waals surface area (Å²) in [6.07, 6.45) is 0.187. The number of alkyl halides is 3. The van der Waals surface area contributed by atoms with Crippen molar-refractivity contribution in [1.82, 2.24) is 14.5 Å². The molecule has 2 aromatic rings. The maximum atomic E-state index is 13.1. The minimum absolute atomic E-state index is 0.0970. The van der Waals surface area contributed by atoms with Crippen LogP contribution in [0.15, 0.2) is 35.3 Å². The lowest BCUT2D eigenvalue weighted by atomic mass is 9.83. The molecule has 2 bridgehead atoms. The third kappa shape index (κ3) is 3.62. The average molecular weight is 418 g/mol. The largest absolute Gasteiger partial charge is 0.416 e. The number of hydrogen-bond donors (Lipinski definition) is 0. The molecule has 5 rings (SSSR count). The van der Waals surface area contributed by atoms with Crippen LogP contribution in [0.25, 0.3) is 0 Å². The van der Waals surface area contributed by atoms with Gasteiger partial charge in [0.2, 0.25) is 0 Å². The number of pyridine rings is 2. The summed E-state index contributed by atoms with van der Waals surface area (Å²) < 4.78 is 41.2. The third-order valence-corrected chi connectivity index (χ3v) is 6.67. The van der Waals surface area contributed by atoms with Gasteiger partial charge in [0.1, 0.15) is 5.82 Å². The molecule has 0 saturated carbocycles. The number of aromatic nitrogens is 2. The fourth-order valence-corrected chi connectivity index (χ4v) is 5.25. The summed E-state index contributed by atoms with van der Waals surface area (Å²) >= 11 is 0. The lowest BCUT2D eigenvalue weighted by molar-refractivity contribution is -0.137. The molecule has 5 heterocycles. The van der Waals surface area contributed by atoms with E-state index in [-0.39, 0.29) is 17.4 Å². The molecule has 5 nitrogen and oxygen atoms in total. The summed E-state index contributed by atoms with van der Waals surface area (Å²) in [6, 6.07) is 6.14. The predicted octanol–water partition coefficient (Wildman–Crippen LogP) is 3.48. The van der Waals surface area contributed by atoms with Gasteiger partial charge in [-0.2, -0.15) is 13.2 Å². The van der Waals surface area contributed by atoms with E-state index in [1.165, 1.54) is 19.0 Å². The summed E-state index contributed by atoms with van der Waals surface area (Å²) in [5, 5.41) is 0. The Bertz CT molecular complexity index is 997. The molecule has 2 atom stereocenters. The van der Waals surface area contributed by atoms with Gasteiger partial charge >= 0.3 is 6.18 Å². The van der Waals surface area contributed by atoms with E-state index in [1.807, 2.05) is 15.5 Å². The summed E-state index contributed by atoms with van der Waals surface area (Å²) in [5.41, 5.74) is 1.27. The Morgan fingerprint density at radius 2 is 1.87 bits per heavy atom. The Balaban J connectivity index is 1.40. The van der Waals surface area contributed by atoms with Gasteiger partial charge in [-0.05, 0) is 56.5 Å². The van der Waals surface area contributed by atoms with E-state index in [4.69, 9.17) is 0 Å². The molecule has 2 aromatic heterocycles. The lowest BCUT2D eigenvalue weighted by Crippen LogP contribution is -2.48. The van der Waals surface area contributed by atoms with Crippen LogP contribution in [0.4, 0.5) is 19.0 Å². The topological polar surface area (TPSA) is 41.4 Å². The van der Waals surface area contributed by atoms with Crippen LogP contribution in [-0.4, -0.2) is 40.6 Å². The first kappa shape index (κ1) is 19.6. The van der Waals surface area contributed by atoms with Crippen LogP contribution >= 0.6 is 0 Å². The van der Waals surface area contributed by atoms with E-state index in [0.717, 1.165) is 42.9 Å². The number of anilines is 1. The van der Waals surface area contributed by atoms with Crippen molar-refractivity contribution in [1.29, 1.82) is 0 Å². The van der Waals surface area contributed by atoms with Gasteiger partial charge in [-0.15, -0.1) is 0 Å². The predicted molar refractivity (Wildman–Crippen MR) is 108 cm³/mol. The van der Waals surface area contributed by atoms with Crippen molar-refractivity contribution < 1.29 is 13.2 Å². The smallest absolute Gasteiger partial charge is 0.356 e. The molecule has 2 saturated heterocycles. The SMILES string of the molecule is O=c1c(CN2CCCC2)ccc2n1C[C@H]1C[C@@H]2CN(c2cc(C(F)(F)F)ccn2)C1. The normalized spacial score (nSPS) is 24.2. The summed E-state index contributed by atoms with van der Waals surface area (Å²) in [6.45, 7) is 4.61. The maximum Gasteiger partial charge on any atom is 0.416 e. The molecule has 0 spiro atoms. The number of piperidine rings is 1. The van der Waals surface area contributed by atoms with E-state index in [0.29, 0.717) is 32.0 Å². The molecule has 8 heteroatoms. The first-order chi connectivity index (χ1) is 14.4. The van der Waals surface area contributed by atoms with Gasteiger partial charge in [-0.1, -0.05) is 6.07 Å². The van der Waals surface area contributed by atoms with Gasteiger partial charge in [0.05, 0.1) is 5.56 Å². The fraction of sp³-hybridized carbons (Fsp3) is 0.545. The molecule has 0 N–H and O–H groups in total. The molecule has 30 heavy (non-hydrogen) atoms. The third-order valence-electron chi connectivity index (χ3n) is 6.67. The van der Waals surface area contributed by atoms with E-state index in [2.05, 4.69) is 16.0 Å². The molecular weight excluding hydrogens is 393 g/mol. The van der Waals surface area contributed by atoms with E-state index in [1.54, 1.807) is 0 Å². The Labute approximate surface area is 173 Å². The van der Waals surface area contributed by atoms with Crippen molar-refractivity contribution in [2.45, 2.75) is 44.4 Å². The molecular formula is C22H25F3N4O. The Kier molecular flexibility index (Phi) is 4.84. The second kappa shape index (κ2) is 7.41. The van der Waals surface area contributed by atoms with Gasteiger partial charge in [-0.3, -0.25) is 9.69 Å². The highest BCUT2D eigenvalue weighted by Crippen LogP contribution is 2.38. The second-order valence-corrected chi connectivity index (χ2v) is 8.79. The Morgan fingerprint density at radius 1 is 1.07 bits per heavy atom. The van der Waals surface area contributed by atoms with Crippen molar-refractivity contribution in [3.63, 3.8) is 0 Å². The van der Waals surface area contributed by atoms with Gasteiger partial charge in [0.15, 0.2) is 0 Å². The highest BCUT2D eigenvalue weighted by atomic mass is 19.4. The maximum absolute atomic E-state index is 13.1. The van der Waals surface area contributed by atoms with Gasteiger partial charge in [-0.25, -0.2) is 4.98 Å². The zero-order valence-corrected chi connectivity index (χ0v) is 16.7. The molecule has 0 aliphatic carbocycles. The van der Waals surface area contributed by atoms with Crippen molar-refractivity contribution in [3.05, 3.63) is 57.6 Å². The summed E-state index contributed by atoms with van der Waals surface area (Å²) in [5.74, 6) is 0.718. The van der Waals surface area contributed by atoms with Crippen LogP contribution in [-0.2, 0) is 19.3 Å². The molecule has 0 unspecified atom stereocenters. The molecule has 160 valence electrons. The first-order valence-electron chi connectivity index (χ1n) is 10.6. The first-order valence-corrected chi connectivity index (χ1v) is 10.6. The van der Waals surface area contributed by atoms with Gasteiger partial charge in [0, 0.05) is 49.6 Å². The van der Waals surface area contributed by atoms with Crippen LogP contribution in [0.5, 0.6) is 0 Å². The van der Waals surface area contributed by atoms with E-state index < -0.39 is 11.7 Å². The van der Waals surface area contributed by atoms with Crippen molar-refractivity contribution in [3.8, 4) is 0 Å². The van der Waals surface area contributed by atoms with Crippen LogP contribution < -0.4 is 10.5 Å². The van der Waals surface area contributed by atoms with Gasteiger partial charge in [0.25, 0.3) is 5.56 Å².